The van der Waals surface area contributed by atoms with E-state index in [0.717, 1.165) is 25.3 Å². The number of hydrogen-bond donors (Lipinski definition) is 1. The summed E-state index contributed by atoms with van der Waals surface area (Å²) in [5.74, 6) is 0. The molecule has 3 nitrogen and oxygen atoms in total. The minimum absolute atomic E-state index is 0.685. The fourth-order valence-corrected chi connectivity index (χ4v) is 1.17. The Hall–Kier alpha value is -1.53. The maximum atomic E-state index is 8.81. The van der Waals surface area contributed by atoms with Crippen molar-refractivity contribution in [3.63, 3.8) is 0 Å². The molecule has 0 unspecified atom stereocenters. The second-order valence-corrected chi connectivity index (χ2v) is 2.93. The van der Waals surface area contributed by atoms with Crippen LogP contribution in [0.25, 0.3) is 0 Å². The van der Waals surface area contributed by atoms with Gasteiger partial charge in [-0.1, -0.05) is 12.1 Å². The van der Waals surface area contributed by atoms with Gasteiger partial charge in [0.25, 0.3) is 0 Å². The molecule has 1 aromatic carbocycles. The van der Waals surface area contributed by atoms with E-state index in [2.05, 4.69) is 11.4 Å². The summed E-state index contributed by atoms with van der Waals surface area (Å²) in [6.45, 7) is 1.56. The first kappa shape index (κ1) is 10.6. The Morgan fingerprint density at radius 1 is 1.43 bits per heavy atom. The van der Waals surface area contributed by atoms with Gasteiger partial charge in [-0.05, 0) is 18.6 Å². The Morgan fingerprint density at radius 2 is 2.21 bits per heavy atom. The molecule has 1 rings (SSSR count). The van der Waals surface area contributed by atoms with Gasteiger partial charge in [0.1, 0.15) is 6.07 Å². The second kappa shape index (κ2) is 6.01. The number of hydrogen-bond acceptors (Lipinski definition) is 3. The van der Waals surface area contributed by atoms with Crippen LogP contribution in [-0.4, -0.2) is 20.3 Å². The maximum absolute atomic E-state index is 8.81. The summed E-state index contributed by atoms with van der Waals surface area (Å²) >= 11 is 0. The van der Waals surface area contributed by atoms with Crippen LogP contribution in [0.4, 0.5) is 5.69 Å². The first-order valence-corrected chi connectivity index (χ1v) is 4.60. The Balaban J connectivity index is 2.46. The van der Waals surface area contributed by atoms with E-state index < -0.39 is 0 Å². The Kier molecular flexibility index (Phi) is 4.53. The number of ether oxygens (including phenoxy) is 1. The van der Waals surface area contributed by atoms with E-state index >= 15 is 0 Å². The third-order valence-corrected chi connectivity index (χ3v) is 1.89. The van der Waals surface area contributed by atoms with Crippen LogP contribution in [0.3, 0.4) is 0 Å². The van der Waals surface area contributed by atoms with Gasteiger partial charge in [-0.2, -0.15) is 5.26 Å². The quantitative estimate of drug-likeness (QED) is 0.722. The van der Waals surface area contributed by atoms with E-state index in [9.17, 15) is 0 Å². The molecule has 0 aliphatic heterocycles. The first-order valence-electron chi connectivity index (χ1n) is 4.60. The number of para-hydroxylation sites is 1. The smallest absolute Gasteiger partial charge is 0.101 e. The average molecular weight is 190 g/mol. The van der Waals surface area contributed by atoms with Crippen molar-refractivity contribution in [2.45, 2.75) is 6.42 Å². The molecule has 0 radical (unpaired) electrons. The highest BCUT2D eigenvalue weighted by molar-refractivity contribution is 5.56. The second-order valence-electron chi connectivity index (χ2n) is 2.93. The monoisotopic (exact) mass is 190 g/mol. The molecule has 0 saturated carbocycles. The lowest BCUT2D eigenvalue weighted by Crippen LogP contribution is -2.05. The van der Waals surface area contributed by atoms with E-state index in [1.165, 1.54) is 0 Å². The van der Waals surface area contributed by atoms with E-state index in [0.29, 0.717) is 5.56 Å². The normalized spacial score (nSPS) is 9.43. The van der Waals surface area contributed by atoms with E-state index in [-0.39, 0.29) is 0 Å². The molecule has 0 aliphatic rings. The summed E-state index contributed by atoms with van der Waals surface area (Å²) in [5, 5.41) is 12.0. The fourth-order valence-electron chi connectivity index (χ4n) is 1.17. The number of benzene rings is 1. The van der Waals surface area contributed by atoms with Crippen LogP contribution in [0.1, 0.15) is 12.0 Å². The predicted octanol–water partition coefficient (Wildman–Crippen LogP) is 2.01. The highest BCUT2D eigenvalue weighted by atomic mass is 16.5. The summed E-state index contributed by atoms with van der Waals surface area (Å²) in [6.07, 6.45) is 0.941. The minimum atomic E-state index is 0.685. The zero-order valence-electron chi connectivity index (χ0n) is 8.29. The van der Waals surface area contributed by atoms with Gasteiger partial charge in [0.15, 0.2) is 0 Å². The lowest BCUT2D eigenvalue weighted by molar-refractivity contribution is 0.198. The molecule has 1 aromatic rings. The molecule has 0 saturated heterocycles. The topological polar surface area (TPSA) is 45.0 Å². The number of rotatable bonds is 5. The lowest BCUT2D eigenvalue weighted by Gasteiger charge is -2.06. The first-order chi connectivity index (χ1) is 6.88. The largest absolute Gasteiger partial charge is 0.385 e. The summed E-state index contributed by atoms with van der Waals surface area (Å²) < 4.78 is 4.93. The molecule has 14 heavy (non-hydrogen) atoms. The van der Waals surface area contributed by atoms with Crippen molar-refractivity contribution in [1.29, 1.82) is 5.26 Å². The van der Waals surface area contributed by atoms with Crippen molar-refractivity contribution >= 4 is 5.69 Å². The molecule has 0 heterocycles. The number of nitriles is 1. The molecule has 0 aliphatic carbocycles. The fraction of sp³-hybridized carbons (Fsp3) is 0.364. The van der Waals surface area contributed by atoms with Gasteiger partial charge in [-0.25, -0.2) is 0 Å². The third kappa shape index (κ3) is 3.08. The van der Waals surface area contributed by atoms with E-state index in [4.69, 9.17) is 10.00 Å². The molecule has 74 valence electrons. The van der Waals surface area contributed by atoms with Crippen LogP contribution in [0, 0.1) is 11.3 Å². The Labute approximate surface area is 84.3 Å². The Bertz CT molecular complexity index is 317. The number of methoxy groups -OCH3 is 1. The van der Waals surface area contributed by atoms with Crippen LogP contribution < -0.4 is 5.32 Å². The molecule has 0 amide bonds. The van der Waals surface area contributed by atoms with Crippen LogP contribution in [0.5, 0.6) is 0 Å². The van der Waals surface area contributed by atoms with Gasteiger partial charge in [-0.15, -0.1) is 0 Å². The summed E-state index contributed by atoms with van der Waals surface area (Å²) in [7, 11) is 1.68. The molecular weight excluding hydrogens is 176 g/mol. The van der Waals surface area contributed by atoms with Gasteiger partial charge in [0.2, 0.25) is 0 Å². The number of nitrogens with zero attached hydrogens (tertiary/aromatic N) is 1. The highest BCUT2D eigenvalue weighted by Crippen LogP contribution is 2.12. The van der Waals surface area contributed by atoms with Crippen LogP contribution in [0.15, 0.2) is 24.3 Å². The van der Waals surface area contributed by atoms with Crippen LogP contribution in [0.2, 0.25) is 0 Å². The SMILES string of the molecule is COCCCNc1ccccc1C#N. The molecule has 0 atom stereocenters. The van der Waals surface area contributed by atoms with Crippen LogP contribution >= 0.6 is 0 Å². The summed E-state index contributed by atoms with van der Waals surface area (Å²) in [6, 6.07) is 9.63. The number of anilines is 1. The van der Waals surface area contributed by atoms with Gasteiger partial charge >= 0.3 is 0 Å². The van der Waals surface area contributed by atoms with Gasteiger partial charge in [-0.3, -0.25) is 0 Å². The highest BCUT2D eigenvalue weighted by Gasteiger charge is 1.98. The van der Waals surface area contributed by atoms with E-state index in [1.807, 2.05) is 18.2 Å². The molecule has 0 bridgehead atoms. The predicted molar refractivity (Wildman–Crippen MR) is 56.1 cm³/mol. The van der Waals surface area contributed by atoms with Crippen molar-refractivity contribution in [3.05, 3.63) is 29.8 Å². The van der Waals surface area contributed by atoms with Crippen LogP contribution in [-0.2, 0) is 4.74 Å². The molecular formula is C11H14N2O. The Morgan fingerprint density at radius 3 is 2.93 bits per heavy atom. The molecule has 3 heteroatoms. The van der Waals surface area contributed by atoms with Crippen molar-refractivity contribution in [2.75, 3.05) is 25.6 Å². The van der Waals surface area contributed by atoms with Crippen molar-refractivity contribution < 1.29 is 4.74 Å². The van der Waals surface area contributed by atoms with Gasteiger partial charge < -0.3 is 10.1 Å². The number of nitrogens with one attached hydrogen (secondary N) is 1. The third-order valence-electron chi connectivity index (χ3n) is 1.89. The molecule has 0 spiro atoms. The average Bonchev–Trinajstić information content (AvgIpc) is 2.25. The molecule has 0 aromatic heterocycles. The maximum Gasteiger partial charge on any atom is 0.101 e. The van der Waals surface area contributed by atoms with Gasteiger partial charge in [0.05, 0.1) is 11.3 Å². The van der Waals surface area contributed by atoms with Crippen molar-refractivity contribution in [2.24, 2.45) is 0 Å². The molecule has 0 fully saturated rings. The van der Waals surface area contributed by atoms with E-state index in [1.54, 1.807) is 13.2 Å². The summed E-state index contributed by atoms with van der Waals surface area (Å²) in [4.78, 5) is 0. The molecule has 1 N–H and O–H groups in total. The lowest BCUT2D eigenvalue weighted by atomic mass is 10.2. The zero-order chi connectivity index (χ0) is 10.2. The van der Waals surface area contributed by atoms with Crippen molar-refractivity contribution in [3.8, 4) is 6.07 Å². The van der Waals surface area contributed by atoms with Gasteiger partial charge in [0, 0.05) is 20.3 Å². The summed E-state index contributed by atoms with van der Waals surface area (Å²) in [5.41, 5.74) is 1.58. The minimum Gasteiger partial charge on any atom is -0.385 e. The zero-order valence-corrected chi connectivity index (χ0v) is 8.29. The standard InChI is InChI=1S/C11H14N2O/c1-14-8-4-7-13-11-6-3-2-5-10(11)9-12/h2-3,5-6,13H,4,7-8H2,1H3. The van der Waals surface area contributed by atoms with Crippen molar-refractivity contribution in [1.82, 2.24) is 0 Å².